The largest absolute Gasteiger partial charge is 0.494 e. The minimum absolute atomic E-state index is 0.0726. The predicted octanol–water partition coefficient (Wildman–Crippen LogP) is 1.91. The molecule has 0 N–H and O–H groups in total. The van der Waals surface area contributed by atoms with Crippen LogP contribution in [0.25, 0.3) is 5.69 Å². The second-order valence-corrected chi connectivity index (χ2v) is 3.85. The van der Waals surface area contributed by atoms with Crippen molar-refractivity contribution in [3.05, 3.63) is 45.8 Å². The molecule has 0 saturated carbocycles. The summed E-state index contributed by atoms with van der Waals surface area (Å²) in [6.07, 6.45) is 2.19. The van der Waals surface area contributed by atoms with Crippen molar-refractivity contribution in [2.45, 2.75) is 6.92 Å². The fourth-order valence-electron chi connectivity index (χ4n) is 1.68. The Morgan fingerprint density at radius 1 is 1.47 bits per heavy atom. The lowest BCUT2D eigenvalue weighted by molar-refractivity contribution is -0.384. The van der Waals surface area contributed by atoms with E-state index in [0.29, 0.717) is 29.0 Å². The Bertz CT molecular complexity index is 648. The van der Waals surface area contributed by atoms with E-state index in [4.69, 9.17) is 4.74 Å². The van der Waals surface area contributed by atoms with Gasteiger partial charge in [-0.05, 0) is 13.0 Å². The molecule has 0 fully saturated rings. The molecule has 0 unspecified atom stereocenters. The first-order valence-corrected chi connectivity index (χ1v) is 5.41. The third-order valence-electron chi connectivity index (χ3n) is 2.68. The number of hydrogen-bond acceptors (Lipinski definition) is 5. The Morgan fingerprint density at radius 2 is 2.21 bits per heavy atom. The molecule has 7 nitrogen and oxygen atoms in total. The lowest BCUT2D eigenvalue weighted by Crippen LogP contribution is -2.00. The second kappa shape index (κ2) is 4.89. The van der Waals surface area contributed by atoms with E-state index >= 15 is 0 Å². The number of nitro groups is 1. The Morgan fingerprint density at radius 3 is 2.74 bits per heavy atom. The van der Waals surface area contributed by atoms with Crippen molar-refractivity contribution < 1.29 is 14.5 Å². The molecule has 0 saturated heterocycles. The smallest absolute Gasteiger partial charge is 0.271 e. The molecule has 0 aliphatic rings. The van der Waals surface area contributed by atoms with E-state index in [1.807, 2.05) is 0 Å². The third-order valence-corrected chi connectivity index (χ3v) is 2.68. The van der Waals surface area contributed by atoms with Crippen LogP contribution in [0.2, 0.25) is 0 Å². The summed E-state index contributed by atoms with van der Waals surface area (Å²) in [5, 5.41) is 14.9. The topological polar surface area (TPSA) is 87.3 Å². The molecule has 19 heavy (non-hydrogen) atoms. The van der Waals surface area contributed by atoms with E-state index in [9.17, 15) is 14.9 Å². The molecule has 2 aromatic rings. The summed E-state index contributed by atoms with van der Waals surface area (Å²) >= 11 is 0. The highest BCUT2D eigenvalue weighted by Crippen LogP contribution is 2.27. The average molecular weight is 261 g/mol. The first-order chi connectivity index (χ1) is 9.06. The van der Waals surface area contributed by atoms with E-state index in [0.717, 1.165) is 0 Å². The van der Waals surface area contributed by atoms with Crippen molar-refractivity contribution in [2.75, 3.05) is 7.11 Å². The fraction of sp³-hybridized carbons (Fsp3) is 0.167. The van der Waals surface area contributed by atoms with Gasteiger partial charge in [0.05, 0.1) is 23.3 Å². The maximum Gasteiger partial charge on any atom is 0.271 e. The molecule has 0 amide bonds. The zero-order valence-corrected chi connectivity index (χ0v) is 10.4. The highest BCUT2D eigenvalue weighted by molar-refractivity contribution is 5.76. The van der Waals surface area contributed by atoms with Crippen LogP contribution in [0.4, 0.5) is 5.69 Å². The van der Waals surface area contributed by atoms with Crippen LogP contribution in [0.5, 0.6) is 5.75 Å². The van der Waals surface area contributed by atoms with Gasteiger partial charge < -0.3 is 4.74 Å². The summed E-state index contributed by atoms with van der Waals surface area (Å²) in [5.74, 6) is 0.436. The summed E-state index contributed by atoms with van der Waals surface area (Å²) < 4.78 is 6.54. The van der Waals surface area contributed by atoms with Gasteiger partial charge in [0.15, 0.2) is 6.29 Å². The van der Waals surface area contributed by atoms with Gasteiger partial charge in [0.25, 0.3) is 5.69 Å². The van der Waals surface area contributed by atoms with Crippen LogP contribution in [-0.2, 0) is 0 Å². The molecule has 7 heteroatoms. The molecular formula is C12H11N3O4. The van der Waals surface area contributed by atoms with Crippen molar-refractivity contribution in [2.24, 2.45) is 0 Å². The van der Waals surface area contributed by atoms with Crippen molar-refractivity contribution in [1.82, 2.24) is 9.78 Å². The van der Waals surface area contributed by atoms with Crippen LogP contribution >= 0.6 is 0 Å². The summed E-state index contributed by atoms with van der Waals surface area (Å²) in [5.41, 5.74) is 1.31. The van der Waals surface area contributed by atoms with E-state index in [-0.39, 0.29) is 5.69 Å². The highest BCUT2D eigenvalue weighted by atomic mass is 16.6. The lowest BCUT2D eigenvalue weighted by Gasteiger charge is -2.07. The van der Waals surface area contributed by atoms with E-state index in [1.165, 1.54) is 36.2 Å². The predicted molar refractivity (Wildman–Crippen MR) is 66.9 cm³/mol. The van der Waals surface area contributed by atoms with Crippen LogP contribution in [0.1, 0.15) is 16.1 Å². The molecule has 2 rings (SSSR count). The lowest BCUT2D eigenvalue weighted by atomic mass is 10.2. The standard InChI is InChI=1S/C12H11N3O4/c1-8-9(7-16)6-14(13-8)11-5-10(15(17)18)3-4-12(11)19-2/h3-7H,1-2H3. The number of methoxy groups -OCH3 is 1. The molecule has 0 bridgehead atoms. The number of non-ortho nitro benzene ring substituents is 1. The maximum atomic E-state index is 10.8. The van der Waals surface area contributed by atoms with Gasteiger partial charge in [0, 0.05) is 18.3 Å². The number of carbonyl (C=O) groups is 1. The number of aryl methyl sites for hydroxylation is 1. The third kappa shape index (κ3) is 2.30. The van der Waals surface area contributed by atoms with Gasteiger partial charge in [-0.1, -0.05) is 0 Å². The number of aldehydes is 1. The molecular weight excluding hydrogens is 250 g/mol. The van der Waals surface area contributed by atoms with Crippen LogP contribution in [0, 0.1) is 17.0 Å². The Labute approximate surface area is 108 Å². The van der Waals surface area contributed by atoms with Gasteiger partial charge in [0.2, 0.25) is 0 Å². The van der Waals surface area contributed by atoms with Crippen molar-refractivity contribution in [3.63, 3.8) is 0 Å². The number of rotatable bonds is 4. The van der Waals surface area contributed by atoms with Gasteiger partial charge >= 0.3 is 0 Å². The number of hydrogen-bond donors (Lipinski definition) is 0. The summed E-state index contributed by atoms with van der Waals surface area (Å²) in [7, 11) is 1.46. The van der Waals surface area contributed by atoms with Crippen molar-refractivity contribution >= 4 is 12.0 Å². The van der Waals surface area contributed by atoms with Gasteiger partial charge in [-0.25, -0.2) is 4.68 Å². The van der Waals surface area contributed by atoms with Crippen molar-refractivity contribution in [1.29, 1.82) is 0 Å². The maximum absolute atomic E-state index is 10.8. The SMILES string of the molecule is COc1ccc([N+](=O)[O-])cc1-n1cc(C=O)c(C)n1. The molecule has 98 valence electrons. The number of nitrogens with zero attached hydrogens (tertiary/aromatic N) is 3. The van der Waals surface area contributed by atoms with Crippen LogP contribution < -0.4 is 4.74 Å². The van der Waals surface area contributed by atoms with Gasteiger partial charge in [0.1, 0.15) is 11.4 Å². The average Bonchev–Trinajstić information content (AvgIpc) is 2.79. The second-order valence-electron chi connectivity index (χ2n) is 3.85. The number of ether oxygens (including phenoxy) is 1. The Balaban J connectivity index is 2.60. The number of nitro benzene ring substituents is 1. The van der Waals surface area contributed by atoms with E-state index in [1.54, 1.807) is 6.92 Å². The molecule has 0 spiro atoms. The molecule has 0 aliphatic heterocycles. The first kappa shape index (κ1) is 12.7. The molecule has 1 aromatic heterocycles. The van der Waals surface area contributed by atoms with Crippen LogP contribution in [0.3, 0.4) is 0 Å². The van der Waals surface area contributed by atoms with Crippen LogP contribution in [0.15, 0.2) is 24.4 Å². The fourth-order valence-corrected chi connectivity index (χ4v) is 1.68. The van der Waals surface area contributed by atoms with Gasteiger partial charge in [-0.3, -0.25) is 14.9 Å². The van der Waals surface area contributed by atoms with E-state index in [2.05, 4.69) is 5.10 Å². The van der Waals surface area contributed by atoms with Crippen LogP contribution in [-0.4, -0.2) is 28.1 Å². The van der Waals surface area contributed by atoms with Crippen molar-refractivity contribution in [3.8, 4) is 11.4 Å². The minimum atomic E-state index is -0.500. The normalized spacial score (nSPS) is 10.2. The number of aromatic nitrogens is 2. The Hall–Kier alpha value is -2.70. The molecule has 0 radical (unpaired) electrons. The minimum Gasteiger partial charge on any atom is -0.494 e. The number of carbonyl (C=O) groups excluding carboxylic acids is 1. The molecule has 0 aliphatic carbocycles. The van der Waals surface area contributed by atoms with E-state index < -0.39 is 4.92 Å². The first-order valence-electron chi connectivity index (χ1n) is 5.41. The molecule has 1 heterocycles. The highest BCUT2D eigenvalue weighted by Gasteiger charge is 2.15. The monoisotopic (exact) mass is 261 g/mol. The molecule has 0 atom stereocenters. The quantitative estimate of drug-likeness (QED) is 0.476. The number of benzene rings is 1. The van der Waals surface area contributed by atoms with Gasteiger partial charge in [-0.2, -0.15) is 5.10 Å². The Kier molecular flexibility index (Phi) is 3.28. The molecule has 1 aromatic carbocycles. The zero-order valence-electron chi connectivity index (χ0n) is 10.4. The summed E-state index contributed by atoms with van der Waals surface area (Å²) in [6.45, 7) is 1.68. The van der Waals surface area contributed by atoms with Gasteiger partial charge in [-0.15, -0.1) is 0 Å². The summed E-state index contributed by atoms with van der Waals surface area (Å²) in [4.78, 5) is 21.1. The summed E-state index contributed by atoms with van der Waals surface area (Å²) in [6, 6.07) is 4.18. The zero-order chi connectivity index (χ0) is 14.0.